The molecule has 0 bridgehead atoms. The molecular formula is C26H30FN5O3. The van der Waals surface area contributed by atoms with E-state index in [-0.39, 0.29) is 35.6 Å². The lowest BCUT2D eigenvalue weighted by Gasteiger charge is -2.34. The van der Waals surface area contributed by atoms with E-state index in [0.717, 1.165) is 12.8 Å². The van der Waals surface area contributed by atoms with Crippen LogP contribution in [0.4, 0.5) is 9.18 Å². The summed E-state index contributed by atoms with van der Waals surface area (Å²) in [5.74, 6) is -0.584. The van der Waals surface area contributed by atoms with E-state index in [1.165, 1.54) is 31.4 Å². The van der Waals surface area contributed by atoms with Crippen LogP contribution in [0, 0.1) is 12.7 Å². The molecule has 2 aliphatic rings. The molecule has 0 unspecified atom stereocenters. The summed E-state index contributed by atoms with van der Waals surface area (Å²) in [7, 11) is 0. The molecule has 1 aliphatic heterocycles. The number of fused-ring (bicyclic) bond motifs is 1. The number of aryl methyl sites for hydroxylation is 1. The second-order valence-corrected chi connectivity index (χ2v) is 9.53. The molecule has 2 aromatic heterocycles. The number of urea groups is 1. The topological polar surface area (TPSA) is 100 Å². The molecule has 2 fully saturated rings. The standard InChI is InChI=1S/C26H30FN5O3/c1-16-23-21(15-22(30-25(23)35-31-16)17-7-9-18(27)10-8-17)24(33)28-20-11-13-32(14-12-20)26(34)29-19-5-3-2-4-6-19/h7-10,15,19-20H,2-6,11-14H2,1H3,(H,28,33)(H,29,34). The van der Waals surface area contributed by atoms with Crippen LogP contribution in [0.15, 0.2) is 34.9 Å². The molecule has 0 spiro atoms. The third-order valence-corrected chi connectivity index (χ3v) is 7.05. The minimum absolute atomic E-state index is 0.00144. The summed E-state index contributed by atoms with van der Waals surface area (Å²) in [5, 5.41) is 10.8. The highest BCUT2D eigenvalue weighted by atomic mass is 19.1. The number of amides is 3. The van der Waals surface area contributed by atoms with E-state index in [2.05, 4.69) is 20.8 Å². The van der Waals surface area contributed by atoms with E-state index >= 15 is 0 Å². The highest BCUT2D eigenvalue weighted by Crippen LogP contribution is 2.27. The van der Waals surface area contributed by atoms with Gasteiger partial charge in [0.05, 0.1) is 22.3 Å². The van der Waals surface area contributed by atoms with Crippen molar-refractivity contribution >= 4 is 23.0 Å². The average Bonchev–Trinajstić information content (AvgIpc) is 3.25. The Morgan fingerprint density at radius 1 is 1.00 bits per heavy atom. The van der Waals surface area contributed by atoms with Crippen molar-refractivity contribution in [3.63, 3.8) is 0 Å². The summed E-state index contributed by atoms with van der Waals surface area (Å²) >= 11 is 0. The second-order valence-electron chi connectivity index (χ2n) is 9.53. The van der Waals surface area contributed by atoms with Gasteiger partial charge in [0.25, 0.3) is 11.6 Å². The lowest BCUT2D eigenvalue weighted by Crippen LogP contribution is -2.51. The molecule has 3 amide bonds. The SMILES string of the molecule is Cc1noc2nc(-c3ccc(F)cc3)cc(C(=O)NC3CCN(C(=O)NC4CCCCC4)CC3)c12. The maximum Gasteiger partial charge on any atom is 0.317 e. The third-order valence-electron chi connectivity index (χ3n) is 7.05. The summed E-state index contributed by atoms with van der Waals surface area (Å²) in [5.41, 5.74) is 2.45. The molecule has 8 nitrogen and oxygen atoms in total. The fourth-order valence-corrected chi connectivity index (χ4v) is 5.05. The Morgan fingerprint density at radius 3 is 2.40 bits per heavy atom. The molecule has 5 rings (SSSR count). The quantitative estimate of drug-likeness (QED) is 0.571. The Labute approximate surface area is 203 Å². The molecule has 0 atom stereocenters. The Hall–Kier alpha value is -3.49. The van der Waals surface area contributed by atoms with E-state index in [1.807, 2.05) is 4.90 Å². The molecule has 3 aromatic rings. The average molecular weight is 480 g/mol. The number of nitrogens with one attached hydrogen (secondary N) is 2. The van der Waals surface area contributed by atoms with Gasteiger partial charge in [0.2, 0.25) is 0 Å². The fraction of sp³-hybridized carbons (Fsp3) is 0.462. The van der Waals surface area contributed by atoms with E-state index in [1.54, 1.807) is 25.1 Å². The van der Waals surface area contributed by atoms with Crippen molar-refractivity contribution < 1.29 is 18.5 Å². The largest absolute Gasteiger partial charge is 0.349 e. The van der Waals surface area contributed by atoms with Gasteiger partial charge < -0.3 is 20.1 Å². The number of benzene rings is 1. The van der Waals surface area contributed by atoms with Gasteiger partial charge in [0.1, 0.15) is 5.82 Å². The van der Waals surface area contributed by atoms with Crippen molar-refractivity contribution in [3.05, 3.63) is 47.4 Å². The Kier molecular flexibility index (Phi) is 6.66. The first-order valence-corrected chi connectivity index (χ1v) is 12.4. The summed E-state index contributed by atoms with van der Waals surface area (Å²) in [4.78, 5) is 32.3. The molecule has 1 aromatic carbocycles. The summed E-state index contributed by atoms with van der Waals surface area (Å²) < 4.78 is 18.7. The number of likely N-dealkylation sites (tertiary alicyclic amines) is 1. The number of nitrogens with zero attached hydrogens (tertiary/aromatic N) is 3. The molecule has 1 saturated heterocycles. The van der Waals surface area contributed by atoms with Gasteiger partial charge in [-0.3, -0.25) is 4.79 Å². The predicted octanol–water partition coefficient (Wildman–Crippen LogP) is 4.57. The third kappa shape index (κ3) is 5.13. The molecule has 184 valence electrons. The number of carbonyl (C=O) groups excluding carboxylic acids is 2. The van der Waals surface area contributed by atoms with Crippen molar-refractivity contribution in [1.29, 1.82) is 0 Å². The molecule has 1 saturated carbocycles. The fourth-order valence-electron chi connectivity index (χ4n) is 5.05. The highest BCUT2D eigenvalue weighted by molar-refractivity contribution is 6.07. The van der Waals surface area contributed by atoms with Crippen molar-refractivity contribution in [2.45, 2.75) is 64.0 Å². The van der Waals surface area contributed by atoms with Gasteiger partial charge in [0.15, 0.2) is 0 Å². The van der Waals surface area contributed by atoms with Crippen LogP contribution in [0.3, 0.4) is 0 Å². The van der Waals surface area contributed by atoms with E-state index in [0.29, 0.717) is 53.8 Å². The number of carbonyl (C=O) groups is 2. The number of piperidine rings is 1. The van der Waals surface area contributed by atoms with Crippen LogP contribution in [-0.2, 0) is 0 Å². The van der Waals surface area contributed by atoms with Crippen molar-refractivity contribution in [1.82, 2.24) is 25.7 Å². The zero-order valence-corrected chi connectivity index (χ0v) is 19.8. The van der Waals surface area contributed by atoms with Crippen molar-refractivity contribution in [3.8, 4) is 11.3 Å². The van der Waals surface area contributed by atoms with Gasteiger partial charge in [0, 0.05) is 30.7 Å². The van der Waals surface area contributed by atoms with Gasteiger partial charge in [-0.2, -0.15) is 0 Å². The van der Waals surface area contributed by atoms with Crippen LogP contribution in [-0.4, -0.2) is 52.2 Å². The summed E-state index contributed by atoms with van der Waals surface area (Å²) in [6.45, 7) is 2.97. The Bertz CT molecular complexity index is 1210. The van der Waals surface area contributed by atoms with Crippen LogP contribution in [0.1, 0.15) is 61.0 Å². The zero-order chi connectivity index (χ0) is 24.4. The van der Waals surface area contributed by atoms with Crippen molar-refractivity contribution in [2.24, 2.45) is 0 Å². The lowest BCUT2D eigenvalue weighted by atomic mass is 9.95. The van der Waals surface area contributed by atoms with Gasteiger partial charge in [-0.25, -0.2) is 14.2 Å². The Balaban J connectivity index is 1.26. The number of rotatable bonds is 4. The minimum atomic E-state index is -0.345. The van der Waals surface area contributed by atoms with Crippen molar-refractivity contribution in [2.75, 3.05) is 13.1 Å². The maximum absolute atomic E-state index is 13.4. The zero-order valence-electron chi connectivity index (χ0n) is 19.8. The number of aromatic nitrogens is 2. The smallest absolute Gasteiger partial charge is 0.317 e. The van der Waals surface area contributed by atoms with Crippen LogP contribution < -0.4 is 10.6 Å². The number of halogens is 1. The first-order valence-electron chi connectivity index (χ1n) is 12.4. The van der Waals surface area contributed by atoms with Gasteiger partial charge in [-0.1, -0.05) is 24.4 Å². The minimum Gasteiger partial charge on any atom is -0.349 e. The highest BCUT2D eigenvalue weighted by Gasteiger charge is 2.27. The Morgan fingerprint density at radius 2 is 1.69 bits per heavy atom. The predicted molar refractivity (Wildman–Crippen MR) is 129 cm³/mol. The summed E-state index contributed by atoms with van der Waals surface area (Å²) in [6, 6.07) is 7.87. The number of hydrogen-bond acceptors (Lipinski definition) is 5. The second kappa shape index (κ2) is 10.0. The molecule has 1 aliphatic carbocycles. The summed E-state index contributed by atoms with van der Waals surface area (Å²) in [6.07, 6.45) is 7.09. The molecule has 0 radical (unpaired) electrons. The van der Waals surface area contributed by atoms with Crippen LogP contribution in [0.5, 0.6) is 0 Å². The van der Waals surface area contributed by atoms with Crippen LogP contribution in [0.25, 0.3) is 22.4 Å². The maximum atomic E-state index is 13.4. The van der Waals surface area contributed by atoms with Gasteiger partial charge in [-0.05, 0) is 62.9 Å². The normalized spacial score (nSPS) is 17.5. The number of pyridine rings is 1. The van der Waals surface area contributed by atoms with Gasteiger partial charge >= 0.3 is 6.03 Å². The van der Waals surface area contributed by atoms with Gasteiger partial charge in [-0.15, -0.1) is 0 Å². The van der Waals surface area contributed by atoms with Crippen LogP contribution in [0.2, 0.25) is 0 Å². The first-order chi connectivity index (χ1) is 17.0. The van der Waals surface area contributed by atoms with E-state index in [4.69, 9.17) is 4.52 Å². The van der Waals surface area contributed by atoms with E-state index < -0.39 is 0 Å². The first kappa shape index (κ1) is 23.3. The molecule has 2 N–H and O–H groups in total. The lowest BCUT2D eigenvalue weighted by molar-refractivity contribution is 0.0919. The van der Waals surface area contributed by atoms with E-state index in [9.17, 15) is 14.0 Å². The molecule has 9 heteroatoms. The number of hydrogen-bond donors (Lipinski definition) is 2. The molecular weight excluding hydrogens is 449 g/mol. The van der Waals surface area contributed by atoms with Crippen LogP contribution >= 0.6 is 0 Å². The molecule has 3 heterocycles. The molecule has 35 heavy (non-hydrogen) atoms. The monoisotopic (exact) mass is 479 g/mol.